The minimum absolute atomic E-state index is 0.00730. The van der Waals surface area contributed by atoms with E-state index >= 15 is 0 Å². The van der Waals surface area contributed by atoms with E-state index in [1.54, 1.807) is 0 Å². The van der Waals surface area contributed by atoms with E-state index in [2.05, 4.69) is 57.5 Å². The number of aliphatic carboxylic acids is 3. The van der Waals surface area contributed by atoms with Gasteiger partial charge >= 0.3 is 17.9 Å². The normalized spacial score (nSPS) is 12.6. The second-order valence-electron chi connectivity index (χ2n) is 19.3. The number of nitrogens with one attached hydrogen (secondary N) is 7. The summed E-state index contributed by atoms with van der Waals surface area (Å²) < 4.78 is 10.9. The van der Waals surface area contributed by atoms with Crippen LogP contribution in [0.15, 0.2) is 4.99 Å². The predicted octanol–water partition coefficient (Wildman–Crippen LogP) is -0.663. The molecular formula is C50H91N15O14. The molecule has 450 valence electrons. The molecule has 0 saturated heterocycles. The van der Waals surface area contributed by atoms with Gasteiger partial charge < -0.3 is 73.9 Å². The van der Waals surface area contributed by atoms with Gasteiger partial charge in [-0.25, -0.2) is 0 Å². The highest BCUT2D eigenvalue weighted by atomic mass is 16.5. The van der Waals surface area contributed by atoms with E-state index < -0.39 is 91.1 Å². The van der Waals surface area contributed by atoms with Crippen LogP contribution in [0.4, 0.5) is 0 Å². The first-order valence-corrected chi connectivity index (χ1v) is 27.6. The molecule has 0 unspecified atom stereocenters. The van der Waals surface area contributed by atoms with Crippen molar-refractivity contribution < 1.29 is 67.9 Å². The minimum atomic E-state index is -1.66. The van der Waals surface area contributed by atoms with Crippen molar-refractivity contribution in [3.63, 3.8) is 0 Å². The molecular weight excluding hydrogens is 1030 g/mol. The monoisotopic (exact) mass is 1130 g/mol. The summed E-state index contributed by atoms with van der Waals surface area (Å²) >= 11 is 0. The molecule has 29 heteroatoms. The fourth-order valence-electron chi connectivity index (χ4n) is 8.24. The highest BCUT2D eigenvalue weighted by Crippen LogP contribution is 2.14. The van der Waals surface area contributed by atoms with E-state index in [0.29, 0.717) is 38.8 Å². The first-order chi connectivity index (χ1) is 37.9. The summed E-state index contributed by atoms with van der Waals surface area (Å²) in [5, 5.41) is 57.7. The number of hydrogen-bond donors (Lipinski definition) is 13. The van der Waals surface area contributed by atoms with E-state index in [9.17, 15) is 58.5 Å². The molecule has 1 aromatic heterocycles. The molecule has 0 aliphatic rings. The van der Waals surface area contributed by atoms with Gasteiger partial charge in [0.1, 0.15) is 24.7 Å². The number of nitrogens with two attached hydrogens (primary N) is 3. The third-order valence-electron chi connectivity index (χ3n) is 12.5. The number of carboxylic acid groups (broad SMARTS) is 3. The first kappa shape index (κ1) is 70.4. The molecule has 0 fully saturated rings. The van der Waals surface area contributed by atoms with Gasteiger partial charge in [0.05, 0.1) is 45.4 Å². The fourth-order valence-corrected chi connectivity index (χ4v) is 8.24. The standard InChI is InChI=1S/C50H91N15O14/c1-54-37(22-19-26-57-50(52)53)47(75)60-39(32-43(68)69)49(77)59-38(21-16-18-28-65(33-44(70)71)34-45(72)73)48(76)58-36(46(51)74)20-15-17-25-55-42(67)35-79-31-30-78-29-27-56-41(66)24-14-12-10-8-6-4-2-3-5-7-9-11-13-23-40-61-63-64-62-40/h36-39,54H,2-35H2,1H3,(H2,51,74)(H,55,67)(H,56,66)(H,58,76)(H,59,77)(H,60,75)(H,68,69)(H,70,71)(H,72,73)(H4,52,53,57)(H,61,62,63,64)/t36-,37-,38-,39-/m0/s1. The number of aromatic amines is 1. The number of guanidine groups is 1. The zero-order chi connectivity index (χ0) is 58.5. The number of nitrogens with zero attached hydrogens (tertiary/aromatic N) is 5. The number of likely N-dealkylation sites (N-methyl/N-ethyl adjacent to an activating group) is 1. The van der Waals surface area contributed by atoms with Crippen molar-refractivity contribution in [2.75, 3.05) is 72.7 Å². The van der Waals surface area contributed by atoms with Crippen LogP contribution in [0.5, 0.6) is 0 Å². The van der Waals surface area contributed by atoms with Crippen LogP contribution < -0.4 is 49.1 Å². The van der Waals surface area contributed by atoms with Crippen LogP contribution >= 0.6 is 0 Å². The SMILES string of the molecule is CN[C@@H](CCCN=C(N)N)C(=O)N[C@@H](CC(=O)O)C(=O)N[C@@H](CCCCN(CC(=O)O)CC(=O)O)C(=O)N[C@@H](CCCCNC(=O)COCCOCCNC(=O)CCCCCCCCCCCCCCCc1nn[nH]n1)C(N)=O. The largest absolute Gasteiger partial charge is 0.481 e. The number of carbonyl (C=O) groups excluding carboxylic acids is 6. The molecule has 16 N–H and O–H groups in total. The zero-order valence-electron chi connectivity index (χ0n) is 46.2. The molecule has 0 aromatic carbocycles. The van der Waals surface area contributed by atoms with E-state index in [4.69, 9.17) is 26.7 Å². The molecule has 4 atom stereocenters. The van der Waals surface area contributed by atoms with Gasteiger partial charge in [-0.2, -0.15) is 5.21 Å². The zero-order valence-corrected chi connectivity index (χ0v) is 46.2. The Balaban J connectivity index is 2.44. The van der Waals surface area contributed by atoms with Crippen molar-refractivity contribution in [1.82, 2.24) is 57.4 Å². The predicted molar refractivity (Wildman–Crippen MR) is 290 cm³/mol. The molecule has 1 heterocycles. The molecule has 0 spiro atoms. The number of aliphatic imine (C=N–C) groups is 1. The smallest absolute Gasteiger partial charge is 0.317 e. The van der Waals surface area contributed by atoms with Crippen LogP contribution in [0.25, 0.3) is 0 Å². The minimum Gasteiger partial charge on any atom is -0.481 e. The van der Waals surface area contributed by atoms with E-state index in [1.807, 2.05) is 0 Å². The highest BCUT2D eigenvalue weighted by Gasteiger charge is 2.31. The van der Waals surface area contributed by atoms with E-state index in [-0.39, 0.29) is 83.4 Å². The highest BCUT2D eigenvalue weighted by molar-refractivity contribution is 5.96. The van der Waals surface area contributed by atoms with Gasteiger partial charge in [-0.15, -0.1) is 10.2 Å². The summed E-state index contributed by atoms with van der Waals surface area (Å²) in [7, 11) is 1.48. The van der Waals surface area contributed by atoms with Crippen LogP contribution in [0.3, 0.4) is 0 Å². The Morgan fingerprint density at radius 2 is 1.11 bits per heavy atom. The number of hydrogen-bond acceptors (Lipinski definition) is 17. The van der Waals surface area contributed by atoms with Crippen LogP contribution in [-0.4, -0.2) is 197 Å². The maximum absolute atomic E-state index is 13.7. The van der Waals surface area contributed by atoms with Gasteiger partial charge in [0.15, 0.2) is 11.8 Å². The Bertz CT molecular complexity index is 1930. The summed E-state index contributed by atoms with van der Waals surface area (Å²) in [5.74, 6) is -7.26. The molecule has 6 amide bonds. The quantitative estimate of drug-likeness (QED) is 0.0219. The lowest BCUT2D eigenvalue weighted by Crippen LogP contribution is -2.58. The van der Waals surface area contributed by atoms with Gasteiger partial charge in [0.2, 0.25) is 35.4 Å². The molecule has 0 saturated carbocycles. The van der Waals surface area contributed by atoms with Crippen LogP contribution in [0, 0.1) is 0 Å². The van der Waals surface area contributed by atoms with Gasteiger partial charge in [-0.3, -0.25) is 53.0 Å². The van der Waals surface area contributed by atoms with Crippen LogP contribution in [0.2, 0.25) is 0 Å². The number of carbonyl (C=O) groups is 9. The molecule has 0 aliphatic heterocycles. The van der Waals surface area contributed by atoms with E-state index in [1.165, 1.54) is 64.8 Å². The van der Waals surface area contributed by atoms with Crippen molar-refractivity contribution in [2.45, 2.75) is 178 Å². The number of rotatable bonds is 52. The third kappa shape index (κ3) is 39.4. The Kier molecular flexibility index (Phi) is 40.4. The number of H-pyrrole nitrogens is 1. The molecule has 29 nitrogen and oxygen atoms in total. The number of tetrazole rings is 1. The lowest BCUT2D eigenvalue weighted by molar-refractivity contribution is -0.142. The van der Waals surface area contributed by atoms with Crippen molar-refractivity contribution in [2.24, 2.45) is 22.2 Å². The number of amides is 6. The molecule has 79 heavy (non-hydrogen) atoms. The Labute approximate surface area is 462 Å². The maximum atomic E-state index is 13.7. The van der Waals surface area contributed by atoms with Crippen LogP contribution in [0.1, 0.15) is 154 Å². The Morgan fingerprint density at radius 1 is 0.582 bits per heavy atom. The number of carboxylic acids is 3. The average Bonchev–Trinajstić information content (AvgIpc) is 3.91. The number of primary amides is 1. The number of ether oxygens (including phenoxy) is 2. The van der Waals surface area contributed by atoms with Crippen LogP contribution in [-0.2, 0) is 59.0 Å². The molecule has 0 radical (unpaired) electrons. The second-order valence-corrected chi connectivity index (χ2v) is 19.3. The topological polar surface area (TPSA) is 453 Å². The third-order valence-corrected chi connectivity index (χ3v) is 12.5. The Morgan fingerprint density at radius 3 is 1.70 bits per heavy atom. The number of aromatic nitrogens is 4. The number of aryl methyl sites for hydroxylation is 1. The van der Waals surface area contributed by atoms with Gasteiger partial charge in [-0.1, -0.05) is 75.8 Å². The molecule has 1 aromatic rings. The van der Waals surface area contributed by atoms with Crippen molar-refractivity contribution >= 4 is 59.3 Å². The van der Waals surface area contributed by atoms with E-state index in [0.717, 1.165) is 42.8 Å². The maximum Gasteiger partial charge on any atom is 0.317 e. The van der Waals surface area contributed by atoms with Gasteiger partial charge in [0.25, 0.3) is 0 Å². The van der Waals surface area contributed by atoms with Crippen molar-refractivity contribution in [3.05, 3.63) is 5.82 Å². The van der Waals surface area contributed by atoms with Gasteiger partial charge in [0, 0.05) is 32.5 Å². The summed E-state index contributed by atoms with van der Waals surface area (Å²) in [6.45, 7) is 0.0500. The summed E-state index contributed by atoms with van der Waals surface area (Å²) in [4.78, 5) is 117. The first-order valence-electron chi connectivity index (χ1n) is 27.6. The number of unbranched alkanes of at least 4 members (excludes halogenated alkanes) is 14. The summed E-state index contributed by atoms with van der Waals surface area (Å²) in [5.41, 5.74) is 16.3. The van der Waals surface area contributed by atoms with Crippen molar-refractivity contribution in [3.8, 4) is 0 Å². The molecule has 0 bridgehead atoms. The summed E-state index contributed by atoms with van der Waals surface area (Å²) in [6, 6.07) is -5.20. The molecule has 1 rings (SSSR count). The average molecular weight is 1130 g/mol. The van der Waals surface area contributed by atoms with Gasteiger partial charge in [-0.05, 0) is 77.8 Å². The fraction of sp³-hybridized carbons (Fsp3) is 0.780. The Hall–Kier alpha value is -6.59. The van der Waals surface area contributed by atoms with Crippen molar-refractivity contribution in [1.29, 1.82) is 0 Å². The summed E-state index contributed by atoms with van der Waals surface area (Å²) in [6.07, 6.45) is 17.3. The molecule has 0 aliphatic carbocycles. The lowest BCUT2D eigenvalue weighted by atomic mass is 10.0. The second kappa shape index (κ2) is 45.3. The lowest BCUT2D eigenvalue weighted by Gasteiger charge is -2.26.